The number of hydrogen-bond acceptors (Lipinski definition) is 4. The van der Waals surface area contributed by atoms with Gasteiger partial charge in [0.15, 0.2) is 0 Å². The number of hydrogen-bond donors (Lipinski definition) is 1. The van der Waals surface area contributed by atoms with Gasteiger partial charge in [0, 0.05) is 6.54 Å². The molecular weight excluding hydrogens is 262 g/mol. The topological polar surface area (TPSA) is 47.0 Å². The summed E-state index contributed by atoms with van der Waals surface area (Å²) in [4.78, 5) is 8.36. The van der Waals surface area contributed by atoms with Gasteiger partial charge in [-0.2, -0.15) is 0 Å². The Kier molecular flexibility index (Phi) is 4.58. The first-order valence-electron chi connectivity index (χ1n) is 6.20. The van der Waals surface area contributed by atoms with Gasteiger partial charge in [-0.1, -0.05) is 30.7 Å². The van der Waals surface area contributed by atoms with E-state index >= 15 is 0 Å². The molecule has 1 heterocycles. The van der Waals surface area contributed by atoms with Crippen molar-refractivity contribution >= 4 is 17.4 Å². The number of anilines is 1. The van der Waals surface area contributed by atoms with Crippen LogP contribution in [0.5, 0.6) is 11.6 Å². The second-order valence-corrected chi connectivity index (χ2v) is 4.52. The van der Waals surface area contributed by atoms with Crippen LogP contribution in [-0.4, -0.2) is 16.5 Å². The van der Waals surface area contributed by atoms with Gasteiger partial charge >= 0.3 is 0 Å². The van der Waals surface area contributed by atoms with Crippen LogP contribution in [0.1, 0.15) is 18.9 Å². The van der Waals surface area contributed by atoms with Crippen molar-refractivity contribution in [2.45, 2.75) is 20.3 Å². The molecule has 0 bridgehead atoms. The van der Waals surface area contributed by atoms with Crippen LogP contribution in [0.3, 0.4) is 0 Å². The van der Waals surface area contributed by atoms with E-state index in [1.807, 2.05) is 25.1 Å². The molecule has 0 fully saturated rings. The Labute approximate surface area is 117 Å². The second-order valence-electron chi connectivity index (χ2n) is 4.11. The summed E-state index contributed by atoms with van der Waals surface area (Å²) in [6, 6.07) is 7.32. The van der Waals surface area contributed by atoms with Crippen molar-refractivity contribution in [1.82, 2.24) is 9.97 Å². The Morgan fingerprint density at radius 1 is 1.26 bits per heavy atom. The normalized spacial score (nSPS) is 10.3. The van der Waals surface area contributed by atoms with Gasteiger partial charge in [-0.05, 0) is 25.5 Å². The maximum Gasteiger partial charge on any atom is 0.227 e. The van der Waals surface area contributed by atoms with E-state index in [1.165, 1.54) is 6.33 Å². The van der Waals surface area contributed by atoms with E-state index in [2.05, 4.69) is 22.2 Å². The van der Waals surface area contributed by atoms with Crippen LogP contribution < -0.4 is 10.1 Å². The molecule has 0 saturated carbocycles. The van der Waals surface area contributed by atoms with Gasteiger partial charge in [0.25, 0.3) is 0 Å². The number of para-hydroxylation sites is 1. The highest BCUT2D eigenvalue weighted by Crippen LogP contribution is 2.30. The molecule has 0 saturated heterocycles. The standard InChI is InChI=1S/C14H16ClN3O/c1-3-8-16-13-10(2)14(18-9-17-13)19-12-7-5-4-6-11(12)15/h4-7,9H,3,8H2,1-2H3,(H,16,17,18). The molecule has 0 aliphatic carbocycles. The molecule has 1 N–H and O–H groups in total. The Bertz CT molecular complexity index is 560. The average molecular weight is 278 g/mol. The molecule has 0 radical (unpaired) electrons. The second kappa shape index (κ2) is 6.38. The van der Waals surface area contributed by atoms with Crippen molar-refractivity contribution in [1.29, 1.82) is 0 Å². The Morgan fingerprint density at radius 2 is 2.05 bits per heavy atom. The third kappa shape index (κ3) is 3.35. The first-order valence-corrected chi connectivity index (χ1v) is 6.58. The van der Waals surface area contributed by atoms with E-state index in [0.29, 0.717) is 16.7 Å². The number of nitrogens with zero attached hydrogens (tertiary/aromatic N) is 2. The summed E-state index contributed by atoms with van der Waals surface area (Å²) >= 11 is 6.07. The predicted molar refractivity (Wildman–Crippen MR) is 77.1 cm³/mol. The van der Waals surface area contributed by atoms with Crippen LogP contribution in [0.15, 0.2) is 30.6 Å². The molecule has 4 nitrogen and oxygen atoms in total. The quantitative estimate of drug-likeness (QED) is 0.895. The fourth-order valence-electron chi connectivity index (χ4n) is 1.59. The number of halogens is 1. The minimum absolute atomic E-state index is 0.515. The van der Waals surface area contributed by atoms with Crippen LogP contribution in [0, 0.1) is 6.92 Å². The minimum Gasteiger partial charge on any atom is -0.437 e. The Balaban J connectivity index is 2.23. The van der Waals surface area contributed by atoms with E-state index in [9.17, 15) is 0 Å². The highest BCUT2D eigenvalue weighted by molar-refractivity contribution is 6.32. The lowest BCUT2D eigenvalue weighted by Gasteiger charge is -2.12. The number of ether oxygens (including phenoxy) is 1. The van der Waals surface area contributed by atoms with E-state index < -0.39 is 0 Å². The molecule has 0 aliphatic rings. The predicted octanol–water partition coefficient (Wildman–Crippen LogP) is 4.05. The highest BCUT2D eigenvalue weighted by atomic mass is 35.5. The zero-order valence-electron chi connectivity index (χ0n) is 11.0. The van der Waals surface area contributed by atoms with Crippen LogP contribution >= 0.6 is 11.6 Å². The monoisotopic (exact) mass is 277 g/mol. The summed E-state index contributed by atoms with van der Waals surface area (Å²) in [5, 5.41) is 3.80. The molecule has 2 rings (SSSR count). The van der Waals surface area contributed by atoms with E-state index in [0.717, 1.165) is 24.3 Å². The van der Waals surface area contributed by atoms with E-state index in [-0.39, 0.29) is 0 Å². The van der Waals surface area contributed by atoms with Crippen molar-refractivity contribution in [2.24, 2.45) is 0 Å². The van der Waals surface area contributed by atoms with Gasteiger partial charge in [-0.25, -0.2) is 9.97 Å². The Hall–Kier alpha value is -1.81. The van der Waals surface area contributed by atoms with Gasteiger partial charge in [0.1, 0.15) is 17.9 Å². The first-order chi connectivity index (χ1) is 9.22. The maximum absolute atomic E-state index is 6.07. The molecule has 1 aromatic carbocycles. The number of rotatable bonds is 5. The zero-order valence-corrected chi connectivity index (χ0v) is 11.7. The van der Waals surface area contributed by atoms with Gasteiger partial charge in [0.05, 0.1) is 10.6 Å². The molecule has 0 unspecified atom stereocenters. The lowest BCUT2D eigenvalue weighted by molar-refractivity contribution is 0.458. The van der Waals surface area contributed by atoms with Crippen molar-refractivity contribution in [3.05, 3.63) is 41.2 Å². The summed E-state index contributed by atoms with van der Waals surface area (Å²) in [6.07, 6.45) is 2.52. The van der Waals surface area contributed by atoms with Gasteiger partial charge in [0.2, 0.25) is 5.88 Å². The van der Waals surface area contributed by atoms with E-state index in [4.69, 9.17) is 16.3 Å². The fourth-order valence-corrected chi connectivity index (χ4v) is 1.76. The summed E-state index contributed by atoms with van der Waals surface area (Å²) in [5.74, 6) is 1.90. The first kappa shape index (κ1) is 13.6. The molecule has 0 spiro atoms. The van der Waals surface area contributed by atoms with Crippen LogP contribution in [0.25, 0.3) is 0 Å². The molecular formula is C14H16ClN3O. The van der Waals surface area contributed by atoms with Crippen molar-refractivity contribution in [3.8, 4) is 11.6 Å². The number of benzene rings is 1. The third-order valence-corrected chi connectivity index (χ3v) is 2.94. The summed E-state index contributed by atoms with van der Waals surface area (Å²) in [5.41, 5.74) is 0.871. The number of nitrogens with one attached hydrogen (secondary N) is 1. The fraction of sp³-hybridized carbons (Fsp3) is 0.286. The maximum atomic E-state index is 6.07. The van der Waals surface area contributed by atoms with Crippen molar-refractivity contribution in [3.63, 3.8) is 0 Å². The smallest absolute Gasteiger partial charge is 0.227 e. The molecule has 19 heavy (non-hydrogen) atoms. The molecule has 100 valence electrons. The molecule has 0 atom stereocenters. The molecule has 5 heteroatoms. The molecule has 0 aliphatic heterocycles. The summed E-state index contributed by atoms with van der Waals surface area (Å²) in [7, 11) is 0. The lowest BCUT2D eigenvalue weighted by Crippen LogP contribution is -2.05. The lowest BCUT2D eigenvalue weighted by atomic mass is 10.3. The van der Waals surface area contributed by atoms with Crippen LogP contribution in [-0.2, 0) is 0 Å². The van der Waals surface area contributed by atoms with Crippen molar-refractivity contribution in [2.75, 3.05) is 11.9 Å². The van der Waals surface area contributed by atoms with Crippen LogP contribution in [0.2, 0.25) is 5.02 Å². The van der Waals surface area contributed by atoms with Crippen LogP contribution in [0.4, 0.5) is 5.82 Å². The molecule has 2 aromatic rings. The largest absolute Gasteiger partial charge is 0.437 e. The third-order valence-electron chi connectivity index (χ3n) is 2.62. The minimum atomic E-state index is 0.515. The Morgan fingerprint density at radius 3 is 2.79 bits per heavy atom. The van der Waals surface area contributed by atoms with E-state index in [1.54, 1.807) is 6.07 Å². The average Bonchev–Trinajstić information content (AvgIpc) is 2.42. The summed E-state index contributed by atoms with van der Waals surface area (Å²) in [6.45, 7) is 4.89. The SMILES string of the molecule is CCCNc1ncnc(Oc2ccccc2Cl)c1C. The molecule has 1 aromatic heterocycles. The van der Waals surface area contributed by atoms with Gasteiger partial charge < -0.3 is 10.1 Å². The van der Waals surface area contributed by atoms with Gasteiger partial charge in [-0.3, -0.25) is 0 Å². The zero-order chi connectivity index (χ0) is 13.7. The molecule has 0 amide bonds. The van der Waals surface area contributed by atoms with Crippen molar-refractivity contribution < 1.29 is 4.74 Å². The number of aromatic nitrogens is 2. The highest BCUT2D eigenvalue weighted by Gasteiger charge is 2.10. The summed E-state index contributed by atoms with van der Waals surface area (Å²) < 4.78 is 5.74. The van der Waals surface area contributed by atoms with Gasteiger partial charge in [-0.15, -0.1) is 0 Å².